The molecule has 0 aromatic heterocycles. The van der Waals surface area contributed by atoms with Crippen molar-refractivity contribution in [3.05, 3.63) is 53.1 Å². The van der Waals surface area contributed by atoms with Crippen LogP contribution in [-0.2, 0) is 11.2 Å². The predicted octanol–water partition coefficient (Wildman–Crippen LogP) is 2.89. The van der Waals surface area contributed by atoms with E-state index in [2.05, 4.69) is 5.92 Å². The summed E-state index contributed by atoms with van der Waals surface area (Å²) in [7, 11) is 0. The van der Waals surface area contributed by atoms with Crippen molar-refractivity contribution in [2.75, 3.05) is 17.2 Å². The predicted molar refractivity (Wildman–Crippen MR) is 91.6 cm³/mol. The topological polar surface area (TPSA) is 55.6 Å². The molecule has 2 N–H and O–H groups in total. The molecule has 1 aliphatic heterocycles. The molecule has 4 nitrogen and oxygen atoms in total. The van der Waals surface area contributed by atoms with Crippen LogP contribution in [-0.4, -0.2) is 18.6 Å². The first-order chi connectivity index (χ1) is 11.1. The molecule has 1 atom stereocenters. The van der Waals surface area contributed by atoms with Gasteiger partial charge in [-0.15, -0.1) is 6.42 Å². The van der Waals surface area contributed by atoms with Gasteiger partial charge in [0.05, 0.1) is 12.2 Å². The Morgan fingerprint density at radius 3 is 2.83 bits per heavy atom. The molecule has 0 radical (unpaired) electrons. The van der Waals surface area contributed by atoms with Gasteiger partial charge in [-0.1, -0.05) is 35.7 Å². The van der Waals surface area contributed by atoms with Gasteiger partial charge in [-0.2, -0.15) is 0 Å². The highest BCUT2D eigenvalue weighted by Gasteiger charge is 2.34. The molecule has 1 aliphatic rings. The van der Waals surface area contributed by atoms with Crippen LogP contribution in [0.4, 0.5) is 11.4 Å². The average molecular weight is 327 g/mol. The Morgan fingerprint density at radius 1 is 1.30 bits per heavy atom. The zero-order chi connectivity index (χ0) is 16.4. The quantitative estimate of drug-likeness (QED) is 0.697. The molecule has 0 bridgehead atoms. The van der Waals surface area contributed by atoms with Gasteiger partial charge < -0.3 is 10.5 Å². The number of hydrogen-bond acceptors (Lipinski definition) is 3. The Labute approximate surface area is 139 Å². The molecule has 1 amide bonds. The van der Waals surface area contributed by atoms with E-state index in [1.807, 2.05) is 18.2 Å². The summed E-state index contributed by atoms with van der Waals surface area (Å²) in [5, 5.41) is 0.607. The first-order valence-corrected chi connectivity index (χ1v) is 7.52. The third kappa shape index (κ3) is 2.96. The van der Waals surface area contributed by atoms with Crippen molar-refractivity contribution in [3.63, 3.8) is 0 Å². The monoisotopic (exact) mass is 326 g/mol. The Bertz CT molecular complexity index is 798. The van der Waals surface area contributed by atoms with Gasteiger partial charge in [0.1, 0.15) is 5.75 Å². The molecule has 0 aliphatic carbocycles. The third-order valence-electron chi connectivity index (χ3n) is 3.70. The van der Waals surface area contributed by atoms with E-state index in [0.29, 0.717) is 28.6 Å². The molecule has 0 spiro atoms. The molecule has 2 aromatic carbocycles. The van der Waals surface area contributed by atoms with Gasteiger partial charge in [-0.05, 0) is 29.8 Å². The molecule has 1 heterocycles. The number of carbonyl (C=O) groups is 1. The second-order valence-electron chi connectivity index (χ2n) is 5.26. The molecule has 116 valence electrons. The number of anilines is 2. The van der Waals surface area contributed by atoms with E-state index >= 15 is 0 Å². The Hall–Kier alpha value is -2.64. The number of ether oxygens (including phenoxy) is 1. The van der Waals surface area contributed by atoms with Crippen LogP contribution in [0.2, 0.25) is 5.02 Å². The molecular formula is C18H15ClN2O2. The summed E-state index contributed by atoms with van der Waals surface area (Å²) < 4.78 is 5.86. The fourth-order valence-corrected chi connectivity index (χ4v) is 2.80. The number of fused-ring (bicyclic) bond motifs is 1. The van der Waals surface area contributed by atoms with Gasteiger partial charge in [-0.25, -0.2) is 0 Å². The van der Waals surface area contributed by atoms with Crippen LogP contribution in [0.1, 0.15) is 5.56 Å². The zero-order valence-electron chi connectivity index (χ0n) is 12.3. The van der Waals surface area contributed by atoms with Gasteiger partial charge in [0.2, 0.25) is 0 Å². The van der Waals surface area contributed by atoms with Crippen molar-refractivity contribution >= 4 is 28.9 Å². The normalized spacial score (nSPS) is 16.4. The maximum Gasteiger partial charge on any atom is 0.269 e. The van der Waals surface area contributed by atoms with E-state index in [0.717, 1.165) is 5.56 Å². The highest BCUT2D eigenvalue weighted by molar-refractivity contribution is 6.31. The maximum atomic E-state index is 12.7. The lowest BCUT2D eigenvalue weighted by Gasteiger charge is -2.33. The lowest BCUT2D eigenvalue weighted by molar-refractivity contribution is -0.126. The lowest BCUT2D eigenvalue weighted by atomic mass is 10.0. The van der Waals surface area contributed by atoms with E-state index < -0.39 is 6.10 Å². The molecule has 23 heavy (non-hydrogen) atoms. The molecule has 0 fully saturated rings. The average Bonchev–Trinajstić information content (AvgIpc) is 2.54. The SMILES string of the molecule is C#CCN1C(=O)C(Cc2ccccc2Cl)Oc2ccc(N)cc21. The minimum absolute atomic E-state index is 0.164. The van der Waals surface area contributed by atoms with E-state index in [4.69, 9.17) is 28.5 Å². The summed E-state index contributed by atoms with van der Waals surface area (Å²) in [4.78, 5) is 14.3. The molecule has 1 unspecified atom stereocenters. The lowest BCUT2D eigenvalue weighted by Crippen LogP contribution is -2.47. The smallest absolute Gasteiger partial charge is 0.269 e. The summed E-state index contributed by atoms with van der Waals surface area (Å²) in [5.74, 6) is 2.90. The van der Waals surface area contributed by atoms with Crippen LogP contribution < -0.4 is 15.4 Å². The van der Waals surface area contributed by atoms with E-state index in [-0.39, 0.29) is 12.5 Å². The van der Waals surface area contributed by atoms with Gasteiger partial charge in [0.25, 0.3) is 5.91 Å². The van der Waals surface area contributed by atoms with Gasteiger partial charge in [0, 0.05) is 17.1 Å². The third-order valence-corrected chi connectivity index (χ3v) is 4.07. The molecule has 2 aromatic rings. The summed E-state index contributed by atoms with van der Waals surface area (Å²) in [6, 6.07) is 12.6. The van der Waals surface area contributed by atoms with Crippen LogP contribution in [0, 0.1) is 12.3 Å². The maximum absolute atomic E-state index is 12.7. The minimum Gasteiger partial charge on any atom is -0.478 e. The number of nitrogens with two attached hydrogens (primary N) is 1. The highest BCUT2D eigenvalue weighted by atomic mass is 35.5. The fourth-order valence-electron chi connectivity index (χ4n) is 2.59. The van der Waals surface area contributed by atoms with Crippen LogP contribution in [0.15, 0.2) is 42.5 Å². The molecule has 0 saturated carbocycles. The number of halogens is 1. The largest absolute Gasteiger partial charge is 0.478 e. The Morgan fingerprint density at radius 2 is 2.09 bits per heavy atom. The summed E-state index contributed by atoms with van der Waals surface area (Å²) in [6.45, 7) is 0.164. The molecular weight excluding hydrogens is 312 g/mol. The molecule has 5 heteroatoms. The minimum atomic E-state index is -0.667. The number of benzene rings is 2. The standard InChI is InChI=1S/C18H15ClN2O2/c1-2-9-21-15-11-13(20)7-8-16(15)23-17(18(21)22)10-12-5-3-4-6-14(12)19/h1,3-8,11,17H,9-10,20H2. The number of amides is 1. The van der Waals surface area contributed by atoms with Crippen LogP contribution in [0.5, 0.6) is 5.75 Å². The highest BCUT2D eigenvalue weighted by Crippen LogP contribution is 2.36. The van der Waals surface area contributed by atoms with E-state index in [1.165, 1.54) is 4.90 Å². The number of nitrogen functional groups attached to an aromatic ring is 1. The number of nitrogens with zero attached hydrogens (tertiary/aromatic N) is 1. The summed E-state index contributed by atoms with van der Waals surface area (Å²) in [5.41, 5.74) is 7.80. The second-order valence-corrected chi connectivity index (χ2v) is 5.66. The van der Waals surface area contributed by atoms with E-state index in [1.54, 1.807) is 24.3 Å². The van der Waals surface area contributed by atoms with Crippen molar-refractivity contribution in [2.24, 2.45) is 0 Å². The Balaban J connectivity index is 1.95. The zero-order valence-corrected chi connectivity index (χ0v) is 13.1. The van der Waals surface area contributed by atoms with E-state index in [9.17, 15) is 4.79 Å². The second kappa shape index (κ2) is 6.23. The van der Waals surface area contributed by atoms with Crippen molar-refractivity contribution in [2.45, 2.75) is 12.5 Å². The number of terminal acetylenes is 1. The number of rotatable bonds is 3. The first-order valence-electron chi connectivity index (χ1n) is 7.14. The van der Waals surface area contributed by atoms with Crippen LogP contribution in [0.3, 0.4) is 0 Å². The van der Waals surface area contributed by atoms with Crippen molar-refractivity contribution < 1.29 is 9.53 Å². The Kier molecular flexibility index (Phi) is 4.14. The van der Waals surface area contributed by atoms with Gasteiger partial charge >= 0.3 is 0 Å². The number of carbonyl (C=O) groups excluding carboxylic acids is 1. The molecule has 0 saturated heterocycles. The van der Waals surface area contributed by atoms with Crippen molar-refractivity contribution in [1.82, 2.24) is 0 Å². The van der Waals surface area contributed by atoms with Crippen LogP contribution in [0.25, 0.3) is 0 Å². The van der Waals surface area contributed by atoms with Gasteiger partial charge in [-0.3, -0.25) is 9.69 Å². The summed E-state index contributed by atoms with van der Waals surface area (Å²) >= 11 is 6.18. The van der Waals surface area contributed by atoms with Crippen LogP contribution >= 0.6 is 11.6 Å². The number of hydrogen-bond donors (Lipinski definition) is 1. The van der Waals surface area contributed by atoms with Crippen molar-refractivity contribution in [1.29, 1.82) is 0 Å². The summed E-state index contributed by atoms with van der Waals surface area (Å²) in [6.07, 6.45) is 5.11. The molecule has 3 rings (SSSR count). The first kappa shape index (κ1) is 15.3. The fraction of sp³-hybridized carbons (Fsp3) is 0.167. The van der Waals surface area contributed by atoms with Crippen molar-refractivity contribution in [3.8, 4) is 18.1 Å². The van der Waals surface area contributed by atoms with Gasteiger partial charge in [0.15, 0.2) is 6.10 Å².